The van der Waals surface area contributed by atoms with E-state index in [-0.39, 0.29) is 17.7 Å². The second-order valence-electron chi connectivity index (χ2n) is 6.71. The molecule has 9 heteroatoms. The number of hydrogen-bond acceptors (Lipinski definition) is 7. The van der Waals surface area contributed by atoms with E-state index in [0.29, 0.717) is 23.9 Å². The Hall–Kier alpha value is -3.20. The van der Waals surface area contributed by atoms with Crippen molar-refractivity contribution >= 4 is 17.9 Å². The van der Waals surface area contributed by atoms with Gasteiger partial charge >= 0.3 is 0 Å². The Labute approximate surface area is 178 Å². The van der Waals surface area contributed by atoms with Crippen LogP contribution < -0.4 is 18.9 Å². The molecule has 2 heterocycles. The SMILES string of the molecule is COc1cccc(OC2CC2)c1SNC(=O)c1ccc(Cn2cccn2)c(OC)n1. The molecular weight excluding hydrogens is 404 g/mol. The van der Waals surface area contributed by atoms with Gasteiger partial charge in [0.15, 0.2) is 0 Å². The monoisotopic (exact) mass is 426 g/mol. The maximum Gasteiger partial charge on any atom is 0.280 e. The summed E-state index contributed by atoms with van der Waals surface area (Å²) in [6.45, 7) is 0.503. The minimum atomic E-state index is -0.341. The van der Waals surface area contributed by atoms with Crippen molar-refractivity contribution in [2.45, 2.75) is 30.4 Å². The van der Waals surface area contributed by atoms with Crippen LogP contribution in [0.25, 0.3) is 0 Å². The average Bonchev–Trinajstić information content (AvgIpc) is 3.44. The number of carbonyl (C=O) groups excluding carboxylic acids is 1. The highest BCUT2D eigenvalue weighted by molar-refractivity contribution is 7.98. The van der Waals surface area contributed by atoms with Gasteiger partial charge < -0.3 is 14.2 Å². The number of nitrogens with zero attached hydrogens (tertiary/aromatic N) is 3. The molecule has 0 saturated heterocycles. The molecule has 1 amide bonds. The maximum atomic E-state index is 12.7. The molecule has 0 bridgehead atoms. The van der Waals surface area contributed by atoms with E-state index in [2.05, 4.69) is 14.8 Å². The van der Waals surface area contributed by atoms with Crippen molar-refractivity contribution in [3.8, 4) is 17.4 Å². The van der Waals surface area contributed by atoms with E-state index in [1.165, 1.54) is 7.11 Å². The van der Waals surface area contributed by atoms with Crippen molar-refractivity contribution < 1.29 is 19.0 Å². The lowest BCUT2D eigenvalue weighted by atomic mass is 10.2. The number of carbonyl (C=O) groups is 1. The Morgan fingerprint density at radius 1 is 1.17 bits per heavy atom. The number of rotatable bonds is 9. The van der Waals surface area contributed by atoms with Crippen molar-refractivity contribution in [3.63, 3.8) is 0 Å². The second kappa shape index (κ2) is 9.08. The summed E-state index contributed by atoms with van der Waals surface area (Å²) in [6, 6.07) is 10.9. The fraction of sp³-hybridized carbons (Fsp3) is 0.286. The summed E-state index contributed by atoms with van der Waals surface area (Å²) in [7, 11) is 3.12. The summed E-state index contributed by atoms with van der Waals surface area (Å²) in [5, 5.41) is 4.18. The van der Waals surface area contributed by atoms with Crippen molar-refractivity contribution in [2.24, 2.45) is 0 Å². The van der Waals surface area contributed by atoms with Crippen LogP contribution in [0.2, 0.25) is 0 Å². The van der Waals surface area contributed by atoms with Gasteiger partial charge in [-0.15, -0.1) is 0 Å². The summed E-state index contributed by atoms with van der Waals surface area (Å²) in [6.07, 6.45) is 5.88. The Bertz CT molecular complexity index is 1020. The normalized spacial score (nSPS) is 13.0. The van der Waals surface area contributed by atoms with Gasteiger partial charge in [0.25, 0.3) is 5.91 Å². The third-order valence-corrected chi connectivity index (χ3v) is 5.38. The van der Waals surface area contributed by atoms with Gasteiger partial charge in [0.2, 0.25) is 5.88 Å². The lowest BCUT2D eigenvalue weighted by molar-refractivity contribution is 0.0978. The molecule has 30 heavy (non-hydrogen) atoms. The molecule has 0 radical (unpaired) electrons. The molecule has 1 saturated carbocycles. The Morgan fingerprint density at radius 2 is 2.00 bits per heavy atom. The molecule has 0 spiro atoms. The van der Waals surface area contributed by atoms with Crippen LogP contribution in [-0.4, -0.2) is 41.0 Å². The minimum Gasteiger partial charge on any atom is -0.495 e. The predicted molar refractivity (Wildman–Crippen MR) is 112 cm³/mol. The molecule has 4 rings (SSSR count). The van der Waals surface area contributed by atoms with Gasteiger partial charge in [-0.3, -0.25) is 14.2 Å². The molecule has 3 aromatic rings. The maximum absolute atomic E-state index is 12.7. The van der Waals surface area contributed by atoms with Crippen LogP contribution in [0.5, 0.6) is 17.4 Å². The van der Waals surface area contributed by atoms with E-state index in [1.807, 2.05) is 36.5 Å². The van der Waals surface area contributed by atoms with Crippen LogP contribution in [0.4, 0.5) is 0 Å². The number of nitrogens with one attached hydrogen (secondary N) is 1. The van der Waals surface area contributed by atoms with Gasteiger partial charge in [-0.25, -0.2) is 4.98 Å². The third-order valence-electron chi connectivity index (χ3n) is 4.48. The van der Waals surface area contributed by atoms with Crippen molar-refractivity contribution in [2.75, 3.05) is 14.2 Å². The lowest BCUT2D eigenvalue weighted by Gasteiger charge is -2.14. The van der Waals surface area contributed by atoms with E-state index < -0.39 is 0 Å². The molecule has 1 aromatic carbocycles. The molecule has 1 fully saturated rings. The van der Waals surface area contributed by atoms with Crippen LogP contribution in [0.3, 0.4) is 0 Å². The number of amides is 1. The Balaban J connectivity index is 1.48. The van der Waals surface area contributed by atoms with Gasteiger partial charge in [-0.1, -0.05) is 6.07 Å². The number of hydrogen-bond donors (Lipinski definition) is 1. The van der Waals surface area contributed by atoms with Crippen molar-refractivity contribution in [3.05, 3.63) is 60.0 Å². The number of aromatic nitrogens is 3. The lowest BCUT2D eigenvalue weighted by Crippen LogP contribution is -2.18. The number of benzene rings is 1. The highest BCUT2D eigenvalue weighted by atomic mass is 32.2. The first-order valence-corrected chi connectivity index (χ1v) is 10.3. The van der Waals surface area contributed by atoms with Gasteiger partial charge in [-0.05, 0) is 55.1 Å². The van der Waals surface area contributed by atoms with Crippen molar-refractivity contribution in [1.82, 2.24) is 19.5 Å². The first kappa shape index (κ1) is 20.1. The fourth-order valence-electron chi connectivity index (χ4n) is 2.83. The van der Waals surface area contributed by atoms with Crippen LogP contribution in [0, 0.1) is 0 Å². The van der Waals surface area contributed by atoms with E-state index in [4.69, 9.17) is 14.2 Å². The summed E-state index contributed by atoms with van der Waals surface area (Å²) in [4.78, 5) is 17.8. The summed E-state index contributed by atoms with van der Waals surface area (Å²) >= 11 is 1.15. The molecule has 0 aliphatic heterocycles. The first-order valence-electron chi connectivity index (χ1n) is 9.50. The quantitative estimate of drug-likeness (QED) is 0.525. The Kier molecular flexibility index (Phi) is 6.08. The minimum absolute atomic E-state index is 0.236. The summed E-state index contributed by atoms with van der Waals surface area (Å²) in [5.74, 6) is 1.38. The average molecular weight is 426 g/mol. The fourth-order valence-corrected chi connectivity index (χ4v) is 3.59. The number of pyridine rings is 1. The molecule has 0 atom stereocenters. The molecule has 1 aliphatic carbocycles. The molecular formula is C21H22N4O4S. The molecule has 2 aromatic heterocycles. The van der Waals surface area contributed by atoms with E-state index >= 15 is 0 Å². The third kappa shape index (κ3) is 4.68. The molecule has 8 nitrogen and oxygen atoms in total. The number of methoxy groups -OCH3 is 2. The van der Waals surface area contributed by atoms with Gasteiger partial charge in [0, 0.05) is 18.0 Å². The van der Waals surface area contributed by atoms with Crippen LogP contribution >= 0.6 is 11.9 Å². The zero-order valence-electron chi connectivity index (χ0n) is 16.7. The van der Waals surface area contributed by atoms with Gasteiger partial charge in [0.05, 0.1) is 26.9 Å². The zero-order chi connectivity index (χ0) is 20.9. The standard InChI is InChI=1S/C21H22N4O4S/c1-27-17-5-3-6-18(29-15-8-9-15)19(17)30-24-20(26)16-10-7-14(21(23-16)28-2)13-25-12-4-11-22-25/h3-7,10-12,15H,8-9,13H2,1-2H3,(H,24,26). The summed E-state index contributed by atoms with van der Waals surface area (Å²) in [5.41, 5.74) is 1.08. The Morgan fingerprint density at radius 3 is 2.70 bits per heavy atom. The van der Waals surface area contributed by atoms with E-state index in [1.54, 1.807) is 24.1 Å². The highest BCUT2D eigenvalue weighted by Crippen LogP contribution is 2.39. The van der Waals surface area contributed by atoms with Gasteiger partial charge in [0.1, 0.15) is 22.1 Å². The molecule has 1 aliphatic rings. The van der Waals surface area contributed by atoms with Crippen LogP contribution in [0.15, 0.2) is 53.7 Å². The van der Waals surface area contributed by atoms with Crippen LogP contribution in [0.1, 0.15) is 28.9 Å². The number of ether oxygens (including phenoxy) is 3. The zero-order valence-corrected chi connectivity index (χ0v) is 17.5. The van der Waals surface area contributed by atoms with Crippen LogP contribution in [-0.2, 0) is 6.54 Å². The topological polar surface area (TPSA) is 87.5 Å². The molecule has 1 N–H and O–H groups in total. The largest absolute Gasteiger partial charge is 0.495 e. The molecule has 156 valence electrons. The van der Waals surface area contributed by atoms with Crippen molar-refractivity contribution in [1.29, 1.82) is 0 Å². The molecule has 0 unspecified atom stereocenters. The summed E-state index contributed by atoms with van der Waals surface area (Å²) < 4.78 is 21.3. The predicted octanol–water partition coefficient (Wildman–Crippen LogP) is 3.32. The smallest absolute Gasteiger partial charge is 0.280 e. The van der Waals surface area contributed by atoms with E-state index in [9.17, 15) is 4.79 Å². The first-order chi connectivity index (χ1) is 14.7. The van der Waals surface area contributed by atoms with E-state index in [0.717, 1.165) is 35.2 Å². The second-order valence-corrected chi connectivity index (χ2v) is 7.52. The van der Waals surface area contributed by atoms with Gasteiger partial charge in [-0.2, -0.15) is 5.10 Å². The highest BCUT2D eigenvalue weighted by Gasteiger charge is 2.26.